The van der Waals surface area contributed by atoms with Crippen molar-refractivity contribution in [3.05, 3.63) is 0 Å². The van der Waals surface area contributed by atoms with Crippen LogP contribution in [-0.4, -0.2) is 32.9 Å². The van der Waals surface area contributed by atoms with Crippen molar-refractivity contribution in [2.45, 2.75) is 24.3 Å². The number of hydrogen-bond acceptors (Lipinski definition) is 4. The molecule has 1 saturated heterocycles. The van der Waals surface area contributed by atoms with Crippen LogP contribution in [0.2, 0.25) is 0 Å². The molecule has 72 valence electrons. The second kappa shape index (κ2) is 2.99. The van der Waals surface area contributed by atoms with Crippen molar-refractivity contribution in [3.63, 3.8) is 0 Å². The molecule has 0 amide bonds. The lowest BCUT2D eigenvalue weighted by Crippen LogP contribution is -2.38. The van der Waals surface area contributed by atoms with Crippen LogP contribution in [0.4, 0.5) is 0 Å². The highest BCUT2D eigenvalue weighted by Crippen LogP contribution is 2.21. The largest absolute Gasteiger partial charge is 0.227 e. The molecule has 1 aliphatic heterocycles. The fourth-order valence-electron chi connectivity index (χ4n) is 1.46. The molecule has 1 fully saturated rings. The second-order valence-corrected chi connectivity index (χ2v) is 7.83. The Bertz CT molecular complexity index is 317. The first kappa shape index (κ1) is 9.98. The van der Waals surface area contributed by atoms with Crippen LogP contribution in [-0.2, 0) is 19.7 Å². The molecule has 1 aliphatic rings. The molecule has 0 N–H and O–H groups in total. The summed E-state index contributed by atoms with van der Waals surface area (Å²) >= 11 is 0. The van der Waals surface area contributed by atoms with Gasteiger partial charge in [-0.15, -0.1) is 0 Å². The van der Waals surface area contributed by atoms with E-state index in [9.17, 15) is 16.8 Å². The van der Waals surface area contributed by atoms with E-state index < -0.39 is 24.3 Å². The van der Waals surface area contributed by atoms with E-state index in [4.69, 9.17) is 0 Å². The number of hydrogen-bond donors (Lipinski definition) is 0. The van der Waals surface area contributed by atoms with Crippen LogP contribution in [0.5, 0.6) is 0 Å². The quantitative estimate of drug-likeness (QED) is 0.611. The van der Waals surface area contributed by atoms with Gasteiger partial charge in [0.15, 0.2) is 24.3 Å². The zero-order valence-corrected chi connectivity index (χ0v) is 8.49. The van der Waals surface area contributed by atoms with Gasteiger partial charge in [0.05, 0.1) is 11.5 Å². The van der Waals surface area contributed by atoms with Crippen molar-refractivity contribution >= 4 is 19.7 Å². The zero-order valence-electron chi connectivity index (χ0n) is 6.86. The van der Waals surface area contributed by atoms with Crippen molar-refractivity contribution in [3.8, 4) is 0 Å². The summed E-state index contributed by atoms with van der Waals surface area (Å²) in [5.74, 6) is 0.0372. The molecule has 0 saturated carbocycles. The van der Waals surface area contributed by atoms with Gasteiger partial charge in [-0.05, 0) is 12.8 Å². The first-order valence-corrected chi connectivity index (χ1v) is 7.26. The Labute approximate surface area is 72.8 Å². The fourth-order valence-corrected chi connectivity index (χ4v) is 6.64. The summed E-state index contributed by atoms with van der Waals surface area (Å²) in [6.07, 6.45) is 0.422. The van der Waals surface area contributed by atoms with E-state index in [0.717, 1.165) is 0 Å². The van der Waals surface area contributed by atoms with Gasteiger partial charge >= 0.3 is 0 Å². The summed E-state index contributed by atoms with van der Waals surface area (Å²) in [4.78, 5) is 0. The summed E-state index contributed by atoms with van der Waals surface area (Å²) in [6, 6.07) is 0. The van der Waals surface area contributed by atoms with Crippen molar-refractivity contribution in [1.29, 1.82) is 0 Å². The molecule has 0 radical (unpaired) electrons. The predicted octanol–water partition coefficient (Wildman–Crippen LogP) is -0.0442. The number of sulfone groups is 2. The third kappa shape index (κ3) is 1.64. The topological polar surface area (TPSA) is 68.3 Å². The van der Waals surface area contributed by atoms with Crippen LogP contribution < -0.4 is 0 Å². The Kier molecular flexibility index (Phi) is 2.49. The first-order chi connectivity index (χ1) is 5.40. The monoisotopic (exact) mass is 212 g/mol. The van der Waals surface area contributed by atoms with Gasteiger partial charge in [-0.1, -0.05) is 6.92 Å². The molecule has 0 bridgehead atoms. The highest BCUT2D eigenvalue weighted by molar-refractivity contribution is 8.09. The Hall–Kier alpha value is -0.100. The Morgan fingerprint density at radius 3 is 1.75 bits per heavy atom. The van der Waals surface area contributed by atoms with Crippen LogP contribution in [0, 0.1) is 0 Å². The third-order valence-electron chi connectivity index (χ3n) is 1.99. The summed E-state index contributed by atoms with van der Waals surface area (Å²) < 4.78 is 43.9. The third-order valence-corrected chi connectivity index (χ3v) is 7.74. The summed E-state index contributed by atoms with van der Waals surface area (Å²) in [6.45, 7) is 1.59. The summed E-state index contributed by atoms with van der Waals surface area (Å²) in [5.41, 5.74) is 0. The van der Waals surface area contributed by atoms with E-state index in [2.05, 4.69) is 0 Å². The molecule has 0 aliphatic carbocycles. The van der Waals surface area contributed by atoms with E-state index in [1.807, 2.05) is 0 Å². The zero-order chi connectivity index (χ0) is 9.41. The van der Waals surface area contributed by atoms with Crippen molar-refractivity contribution in [2.24, 2.45) is 0 Å². The van der Waals surface area contributed by atoms with Crippen molar-refractivity contribution in [2.75, 3.05) is 11.5 Å². The fraction of sp³-hybridized carbons (Fsp3) is 1.00. The van der Waals surface area contributed by atoms with Gasteiger partial charge in [0.25, 0.3) is 0 Å². The molecule has 0 atom stereocenters. The molecule has 12 heavy (non-hydrogen) atoms. The van der Waals surface area contributed by atoms with Crippen LogP contribution >= 0.6 is 0 Å². The van der Waals surface area contributed by atoms with Crippen molar-refractivity contribution < 1.29 is 16.8 Å². The molecular formula is C6H12O4S2. The standard InChI is InChI=1S/C6H12O4S2/c1-2-6-11(7,8)4-3-5-12(6,9)10/h6H,2-5H2,1H3. The molecule has 6 heteroatoms. The van der Waals surface area contributed by atoms with E-state index in [-0.39, 0.29) is 24.3 Å². The Morgan fingerprint density at radius 2 is 1.50 bits per heavy atom. The molecule has 0 aromatic rings. The van der Waals surface area contributed by atoms with Gasteiger partial charge in [-0.25, -0.2) is 16.8 Å². The maximum atomic E-state index is 11.2. The molecular weight excluding hydrogens is 200 g/mol. The minimum atomic E-state index is -3.37. The predicted molar refractivity (Wildman–Crippen MR) is 46.3 cm³/mol. The molecule has 0 unspecified atom stereocenters. The molecule has 0 aromatic heterocycles. The average molecular weight is 212 g/mol. The normalized spacial score (nSPS) is 28.4. The van der Waals surface area contributed by atoms with Crippen LogP contribution in [0.1, 0.15) is 19.8 Å². The second-order valence-electron chi connectivity index (χ2n) is 2.93. The van der Waals surface area contributed by atoms with Gasteiger partial charge in [0, 0.05) is 0 Å². The smallest absolute Gasteiger partial charge is 0.167 e. The lowest BCUT2D eigenvalue weighted by Gasteiger charge is -2.20. The molecule has 0 aromatic carbocycles. The van der Waals surface area contributed by atoms with Crippen LogP contribution in [0.25, 0.3) is 0 Å². The summed E-state index contributed by atoms with van der Waals surface area (Å²) in [5, 5.41) is 0. The lowest BCUT2D eigenvalue weighted by molar-refractivity contribution is 0.563. The summed E-state index contributed by atoms with van der Waals surface area (Å²) in [7, 11) is -6.74. The van der Waals surface area contributed by atoms with Crippen molar-refractivity contribution in [1.82, 2.24) is 0 Å². The van der Waals surface area contributed by atoms with E-state index in [0.29, 0.717) is 0 Å². The number of rotatable bonds is 1. The molecule has 1 rings (SSSR count). The van der Waals surface area contributed by atoms with Crippen LogP contribution in [0.3, 0.4) is 0 Å². The highest BCUT2D eigenvalue weighted by Gasteiger charge is 2.39. The van der Waals surface area contributed by atoms with Crippen LogP contribution in [0.15, 0.2) is 0 Å². The average Bonchev–Trinajstić information content (AvgIpc) is 1.83. The minimum Gasteiger partial charge on any atom is -0.227 e. The van der Waals surface area contributed by atoms with Gasteiger partial charge in [0.2, 0.25) is 0 Å². The highest BCUT2D eigenvalue weighted by atomic mass is 32.3. The molecule has 0 spiro atoms. The maximum absolute atomic E-state index is 11.2. The lowest BCUT2D eigenvalue weighted by atomic mass is 10.5. The Morgan fingerprint density at radius 1 is 1.08 bits per heavy atom. The van der Waals surface area contributed by atoms with Gasteiger partial charge in [-0.2, -0.15) is 0 Å². The molecule has 4 nitrogen and oxygen atoms in total. The van der Waals surface area contributed by atoms with Gasteiger partial charge in [-0.3, -0.25) is 0 Å². The van der Waals surface area contributed by atoms with E-state index in [1.165, 1.54) is 0 Å². The SMILES string of the molecule is CCC1S(=O)(=O)CCCS1(=O)=O. The first-order valence-electron chi connectivity index (χ1n) is 3.83. The van der Waals surface area contributed by atoms with E-state index in [1.54, 1.807) is 6.92 Å². The van der Waals surface area contributed by atoms with Gasteiger partial charge < -0.3 is 0 Å². The minimum absolute atomic E-state index is 0.0186. The Balaban J connectivity index is 3.15. The molecule has 1 heterocycles. The van der Waals surface area contributed by atoms with E-state index >= 15 is 0 Å². The van der Waals surface area contributed by atoms with Gasteiger partial charge in [0.1, 0.15) is 0 Å². The maximum Gasteiger partial charge on any atom is 0.167 e.